The van der Waals surface area contributed by atoms with Crippen LogP contribution in [-0.2, 0) is 21.4 Å². The molecule has 168 valence electrons. The molecule has 1 amide bonds. The minimum atomic E-state index is -3.51. The number of likely N-dealkylation sites (tertiary alicyclic amines) is 1. The van der Waals surface area contributed by atoms with Gasteiger partial charge in [0.2, 0.25) is 10.0 Å². The van der Waals surface area contributed by atoms with Gasteiger partial charge in [0, 0.05) is 38.3 Å². The largest absolute Gasteiger partial charge is 0.376 e. The molecule has 0 atom stereocenters. The van der Waals surface area contributed by atoms with Crippen molar-refractivity contribution in [2.45, 2.75) is 38.2 Å². The Balaban J connectivity index is 1.50. The van der Waals surface area contributed by atoms with E-state index in [0.717, 1.165) is 12.8 Å². The smallest absolute Gasteiger partial charge is 0.253 e. The van der Waals surface area contributed by atoms with E-state index < -0.39 is 10.0 Å². The summed E-state index contributed by atoms with van der Waals surface area (Å²) in [5.74, 6) is 0.407. The molecular weight excluding hydrogens is 412 g/mol. The van der Waals surface area contributed by atoms with Crippen LogP contribution >= 0.6 is 0 Å². The van der Waals surface area contributed by atoms with E-state index in [4.69, 9.17) is 4.74 Å². The highest BCUT2D eigenvalue weighted by atomic mass is 32.2. The first kappa shape index (κ1) is 23.4. The summed E-state index contributed by atoms with van der Waals surface area (Å²) < 4.78 is 32.5. The molecule has 0 spiro atoms. The van der Waals surface area contributed by atoms with Crippen molar-refractivity contribution in [3.63, 3.8) is 0 Å². The third-order valence-corrected chi connectivity index (χ3v) is 7.88. The Morgan fingerprint density at radius 2 is 1.61 bits per heavy atom. The van der Waals surface area contributed by atoms with E-state index >= 15 is 0 Å². The monoisotopic (exact) mass is 444 g/mol. The lowest BCUT2D eigenvalue weighted by atomic mass is 9.97. The number of piperidine rings is 1. The van der Waals surface area contributed by atoms with Crippen molar-refractivity contribution in [3.8, 4) is 0 Å². The van der Waals surface area contributed by atoms with Crippen LogP contribution in [0.2, 0.25) is 0 Å². The molecule has 6 nitrogen and oxygen atoms in total. The van der Waals surface area contributed by atoms with Crippen LogP contribution in [0.5, 0.6) is 0 Å². The van der Waals surface area contributed by atoms with E-state index in [1.165, 1.54) is 22.0 Å². The van der Waals surface area contributed by atoms with Gasteiger partial charge in [-0.25, -0.2) is 8.42 Å². The van der Waals surface area contributed by atoms with Crippen molar-refractivity contribution in [2.24, 2.45) is 5.92 Å². The van der Waals surface area contributed by atoms with E-state index in [1.807, 2.05) is 36.9 Å². The fourth-order valence-corrected chi connectivity index (χ4v) is 5.34. The second-order valence-electron chi connectivity index (χ2n) is 7.85. The maximum Gasteiger partial charge on any atom is 0.253 e. The van der Waals surface area contributed by atoms with Crippen LogP contribution in [0.25, 0.3) is 0 Å². The Kier molecular flexibility index (Phi) is 8.23. The van der Waals surface area contributed by atoms with Crippen molar-refractivity contribution in [1.29, 1.82) is 0 Å². The number of amides is 1. The van der Waals surface area contributed by atoms with E-state index in [9.17, 15) is 13.2 Å². The summed E-state index contributed by atoms with van der Waals surface area (Å²) in [6.45, 7) is 7.17. The number of rotatable bonds is 9. The SMILES string of the molecule is CCN(CC)S(=O)(=O)c1ccc(C(=O)N2CCC(COCc3ccccc3)CC2)cc1. The van der Waals surface area contributed by atoms with Gasteiger partial charge in [-0.15, -0.1) is 0 Å². The van der Waals surface area contributed by atoms with Gasteiger partial charge in [0.25, 0.3) is 5.91 Å². The third-order valence-electron chi connectivity index (χ3n) is 5.81. The molecule has 0 saturated carbocycles. The molecule has 1 aliphatic heterocycles. The van der Waals surface area contributed by atoms with E-state index in [-0.39, 0.29) is 10.8 Å². The fraction of sp³-hybridized carbons (Fsp3) is 0.458. The Morgan fingerprint density at radius 1 is 1.00 bits per heavy atom. The van der Waals surface area contributed by atoms with Gasteiger partial charge in [0.1, 0.15) is 0 Å². The highest BCUT2D eigenvalue weighted by Gasteiger charge is 2.25. The lowest BCUT2D eigenvalue weighted by Crippen LogP contribution is -2.39. The molecule has 7 heteroatoms. The van der Waals surface area contributed by atoms with Crippen molar-refractivity contribution in [1.82, 2.24) is 9.21 Å². The van der Waals surface area contributed by atoms with Crippen molar-refractivity contribution < 1.29 is 17.9 Å². The Hall–Kier alpha value is -2.22. The number of ether oxygens (including phenoxy) is 1. The van der Waals surface area contributed by atoms with Crippen LogP contribution < -0.4 is 0 Å². The normalized spacial score (nSPS) is 15.4. The maximum atomic E-state index is 12.8. The molecule has 0 radical (unpaired) electrons. The molecule has 3 rings (SSSR count). The van der Waals surface area contributed by atoms with Crippen LogP contribution in [0, 0.1) is 5.92 Å². The number of carbonyl (C=O) groups excluding carboxylic acids is 1. The van der Waals surface area contributed by atoms with Gasteiger partial charge < -0.3 is 9.64 Å². The quantitative estimate of drug-likeness (QED) is 0.590. The molecule has 1 fully saturated rings. The van der Waals surface area contributed by atoms with Crippen LogP contribution in [0.3, 0.4) is 0 Å². The van der Waals surface area contributed by atoms with E-state index in [1.54, 1.807) is 12.1 Å². The summed E-state index contributed by atoms with van der Waals surface area (Å²) in [6.07, 6.45) is 1.82. The Bertz CT molecular complexity index is 933. The topological polar surface area (TPSA) is 66.9 Å². The second-order valence-corrected chi connectivity index (χ2v) is 9.79. The average Bonchev–Trinajstić information content (AvgIpc) is 2.80. The van der Waals surface area contributed by atoms with Gasteiger partial charge in [-0.3, -0.25) is 4.79 Å². The Labute approximate surface area is 185 Å². The zero-order valence-electron chi connectivity index (χ0n) is 18.4. The second kappa shape index (κ2) is 10.9. The molecule has 1 heterocycles. The zero-order valence-corrected chi connectivity index (χ0v) is 19.2. The minimum Gasteiger partial charge on any atom is -0.376 e. The number of hydrogen-bond acceptors (Lipinski definition) is 4. The highest BCUT2D eigenvalue weighted by molar-refractivity contribution is 7.89. The molecular formula is C24H32N2O4S. The molecule has 0 aliphatic carbocycles. The summed E-state index contributed by atoms with van der Waals surface area (Å²) in [6, 6.07) is 16.4. The van der Waals surface area contributed by atoms with Crippen LogP contribution in [0.1, 0.15) is 42.6 Å². The van der Waals surface area contributed by atoms with Crippen LogP contribution in [-0.4, -0.2) is 56.3 Å². The lowest BCUT2D eigenvalue weighted by molar-refractivity contribution is 0.0478. The molecule has 2 aromatic carbocycles. The lowest BCUT2D eigenvalue weighted by Gasteiger charge is -2.32. The molecule has 0 aromatic heterocycles. The molecule has 31 heavy (non-hydrogen) atoms. The average molecular weight is 445 g/mol. The predicted octanol–water partition coefficient (Wildman–Crippen LogP) is 3.79. The standard InChI is InChI=1S/C24H32N2O4S/c1-3-26(4-2)31(28,29)23-12-10-22(11-13-23)24(27)25-16-14-21(15-17-25)19-30-18-20-8-6-5-7-9-20/h5-13,21H,3-4,14-19H2,1-2H3. The third kappa shape index (κ3) is 5.93. The molecule has 2 aromatic rings. The van der Waals surface area contributed by atoms with Gasteiger partial charge in [-0.2, -0.15) is 4.31 Å². The Morgan fingerprint density at radius 3 is 2.19 bits per heavy atom. The van der Waals surface area contributed by atoms with E-state index in [2.05, 4.69) is 12.1 Å². The van der Waals surface area contributed by atoms with Gasteiger partial charge >= 0.3 is 0 Å². The first-order chi connectivity index (χ1) is 15.0. The summed E-state index contributed by atoms with van der Waals surface area (Å²) in [5.41, 5.74) is 1.69. The molecule has 1 aliphatic rings. The van der Waals surface area contributed by atoms with Gasteiger partial charge in [0.05, 0.1) is 11.5 Å². The highest BCUT2D eigenvalue weighted by Crippen LogP contribution is 2.21. The number of carbonyl (C=O) groups is 1. The number of sulfonamides is 1. The molecule has 0 N–H and O–H groups in total. The van der Waals surface area contributed by atoms with E-state index in [0.29, 0.717) is 50.9 Å². The van der Waals surface area contributed by atoms with Crippen molar-refractivity contribution in [2.75, 3.05) is 32.8 Å². The predicted molar refractivity (Wildman–Crippen MR) is 121 cm³/mol. The van der Waals surface area contributed by atoms with Gasteiger partial charge in [0.15, 0.2) is 0 Å². The molecule has 0 bridgehead atoms. The minimum absolute atomic E-state index is 0.0459. The maximum absolute atomic E-state index is 12.8. The molecule has 0 unspecified atom stereocenters. The zero-order chi connectivity index (χ0) is 22.3. The summed E-state index contributed by atoms with van der Waals surface area (Å²) in [5, 5.41) is 0. The summed E-state index contributed by atoms with van der Waals surface area (Å²) >= 11 is 0. The van der Waals surface area contributed by atoms with Crippen LogP contribution in [0.4, 0.5) is 0 Å². The number of nitrogens with zero attached hydrogens (tertiary/aromatic N) is 2. The molecule has 1 saturated heterocycles. The van der Waals surface area contributed by atoms with Crippen molar-refractivity contribution in [3.05, 3.63) is 65.7 Å². The fourth-order valence-electron chi connectivity index (χ4n) is 3.89. The summed E-state index contributed by atoms with van der Waals surface area (Å²) in [7, 11) is -3.51. The number of benzene rings is 2. The van der Waals surface area contributed by atoms with Gasteiger partial charge in [-0.1, -0.05) is 44.2 Å². The number of hydrogen-bond donors (Lipinski definition) is 0. The summed E-state index contributed by atoms with van der Waals surface area (Å²) in [4.78, 5) is 14.9. The van der Waals surface area contributed by atoms with Gasteiger partial charge in [-0.05, 0) is 48.6 Å². The van der Waals surface area contributed by atoms with Crippen LogP contribution in [0.15, 0.2) is 59.5 Å². The first-order valence-corrected chi connectivity index (χ1v) is 12.4. The first-order valence-electron chi connectivity index (χ1n) is 11.0. The van der Waals surface area contributed by atoms with Crippen molar-refractivity contribution >= 4 is 15.9 Å².